The van der Waals surface area contributed by atoms with Gasteiger partial charge in [-0.15, -0.1) is 0 Å². The molecule has 0 radical (unpaired) electrons. The summed E-state index contributed by atoms with van der Waals surface area (Å²) < 4.78 is 0. The predicted octanol–water partition coefficient (Wildman–Crippen LogP) is 4.34. The summed E-state index contributed by atoms with van der Waals surface area (Å²) in [7, 11) is 0. The van der Waals surface area contributed by atoms with Gasteiger partial charge in [0.2, 0.25) is 11.8 Å². The molecule has 2 aromatic rings. The van der Waals surface area contributed by atoms with Crippen molar-refractivity contribution in [1.29, 1.82) is 0 Å². The molecule has 0 aromatic heterocycles. The molecule has 0 bridgehead atoms. The quantitative estimate of drug-likeness (QED) is 0.762. The normalized spacial score (nSPS) is 14.7. The fraction of sp³-hybridized carbons (Fsp3) is 0.263. The second-order valence-corrected chi connectivity index (χ2v) is 7.09. The second-order valence-electron chi connectivity index (χ2n) is 6.27. The van der Waals surface area contributed by atoms with Crippen molar-refractivity contribution < 1.29 is 9.59 Å². The Hall–Kier alpha value is -2.04. The highest BCUT2D eigenvalue weighted by molar-refractivity contribution is 6.42. The monoisotopic (exact) mass is 376 g/mol. The van der Waals surface area contributed by atoms with E-state index in [1.807, 2.05) is 31.2 Å². The van der Waals surface area contributed by atoms with E-state index < -0.39 is 5.41 Å². The summed E-state index contributed by atoms with van der Waals surface area (Å²) in [6.45, 7) is 2.40. The largest absolute Gasteiger partial charge is 0.351 e. The second kappa shape index (κ2) is 7.06. The van der Waals surface area contributed by atoms with Crippen LogP contribution in [-0.2, 0) is 16.1 Å². The number of nitrogens with one attached hydrogen (secondary N) is 2. The zero-order valence-corrected chi connectivity index (χ0v) is 15.2. The maximum Gasteiger partial charge on any atom is 0.240 e. The molecule has 0 unspecified atom stereocenters. The van der Waals surface area contributed by atoms with E-state index in [1.54, 1.807) is 18.2 Å². The molecule has 1 aliphatic carbocycles. The van der Waals surface area contributed by atoms with Gasteiger partial charge in [0, 0.05) is 12.2 Å². The fourth-order valence-electron chi connectivity index (χ4n) is 2.66. The molecule has 130 valence electrons. The molecule has 0 saturated heterocycles. The molecule has 2 N–H and O–H groups in total. The third-order valence-corrected chi connectivity index (χ3v) is 5.24. The number of carbonyl (C=O) groups excluding carboxylic acids is 2. The predicted molar refractivity (Wildman–Crippen MR) is 99.8 cm³/mol. The average Bonchev–Trinajstić information content (AvgIpc) is 3.39. The Morgan fingerprint density at radius 3 is 2.40 bits per heavy atom. The van der Waals surface area contributed by atoms with Crippen molar-refractivity contribution in [2.75, 3.05) is 5.32 Å². The summed E-state index contributed by atoms with van der Waals surface area (Å²) in [6.07, 6.45) is 1.08. The number of hydrogen-bond acceptors (Lipinski definition) is 2. The lowest BCUT2D eigenvalue weighted by Gasteiger charge is -2.16. The van der Waals surface area contributed by atoms with Crippen LogP contribution in [0, 0.1) is 12.3 Å². The minimum atomic E-state index is -0.991. The Morgan fingerprint density at radius 1 is 1.04 bits per heavy atom. The van der Waals surface area contributed by atoms with Crippen LogP contribution in [0.1, 0.15) is 24.0 Å². The van der Waals surface area contributed by atoms with E-state index >= 15 is 0 Å². The topological polar surface area (TPSA) is 58.2 Å². The molecule has 0 spiro atoms. The van der Waals surface area contributed by atoms with Crippen molar-refractivity contribution in [2.45, 2.75) is 26.3 Å². The van der Waals surface area contributed by atoms with Crippen LogP contribution >= 0.6 is 23.2 Å². The first-order valence-electron chi connectivity index (χ1n) is 8.02. The number of anilines is 1. The van der Waals surface area contributed by atoms with Gasteiger partial charge in [-0.25, -0.2) is 0 Å². The van der Waals surface area contributed by atoms with E-state index in [-0.39, 0.29) is 11.8 Å². The summed E-state index contributed by atoms with van der Waals surface area (Å²) in [5.74, 6) is -0.554. The highest BCUT2D eigenvalue weighted by Gasteiger charge is 2.56. The van der Waals surface area contributed by atoms with Gasteiger partial charge in [-0.3, -0.25) is 9.59 Å². The van der Waals surface area contributed by atoms with Crippen LogP contribution < -0.4 is 10.6 Å². The van der Waals surface area contributed by atoms with Crippen molar-refractivity contribution in [1.82, 2.24) is 5.32 Å². The molecule has 2 aromatic carbocycles. The zero-order chi connectivity index (χ0) is 18.0. The van der Waals surface area contributed by atoms with E-state index in [0.717, 1.165) is 11.1 Å². The van der Waals surface area contributed by atoms with Crippen molar-refractivity contribution >= 4 is 40.7 Å². The van der Waals surface area contributed by atoms with E-state index in [1.165, 1.54) is 0 Å². The summed E-state index contributed by atoms with van der Waals surface area (Å²) in [5, 5.41) is 6.41. The highest BCUT2D eigenvalue weighted by atomic mass is 35.5. The SMILES string of the molecule is Cc1ccccc1CNC(=O)C1(C(=O)Nc2ccc(Cl)c(Cl)c2)CC1. The third kappa shape index (κ3) is 3.80. The minimum Gasteiger partial charge on any atom is -0.351 e. The number of rotatable bonds is 5. The van der Waals surface area contributed by atoms with Gasteiger partial charge in [0.1, 0.15) is 5.41 Å². The van der Waals surface area contributed by atoms with E-state index in [4.69, 9.17) is 23.2 Å². The molecule has 0 atom stereocenters. The van der Waals surface area contributed by atoms with E-state index in [2.05, 4.69) is 10.6 Å². The van der Waals surface area contributed by atoms with Crippen molar-refractivity contribution in [2.24, 2.45) is 5.41 Å². The summed E-state index contributed by atoms with van der Waals surface area (Å²) >= 11 is 11.8. The third-order valence-electron chi connectivity index (χ3n) is 4.50. The van der Waals surface area contributed by atoms with Crippen molar-refractivity contribution in [3.8, 4) is 0 Å². The molecular formula is C19H18Cl2N2O2. The molecule has 0 heterocycles. The first kappa shape index (κ1) is 17.8. The van der Waals surface area contributed by atoms with Crippen LogP contribution in [0.2, 0.25) is 10.0 Å². The van der Waals surface area contributed by atoms with Gasteiger partial charge in [-0.05, 0) is 49.1 Å². The van der Waals surface area contributed by atoms with Crippen LogP contribution in [0.15, 0.2) is 42.5 Å². The van der Waals surface area contributed by atoms with Crippen LogP contribution in [0.5, 0.6) is 0 Å². The van der Waals surface area contributed by atoms with Gasteiger partial charge in [-0.1, -0.05) is 47.5 Å². The Bertz CT molecular complexity index is 832. The molecule has 1 saturated carbocycles. The molecule has 6 heteroatoms. The number of halogens is 2. The lowest BCUT2D eigenvalue weighted by molar-refractivity contribution is -0.134. The molecule has 3 rings (SSSR count). The Kier molecular flexibility index (Phi) is 5.02. The fourth-order valence-corrected chi connectivity index (χ4v) is 2.96. The van der Waals surface area contributed by atoms with Crippen molar-refractivity contribution in [3.05, 3.63) is 63.6 Å². The summed E-state index contributed by atoms with van der Waals surface area (Å²) in [4.78, 5) is 25.1. The van der Waals surface area contributed by atoms with E-state index in [9.17, 15) is 9.59 Å². The first-order chi connectivity index (χ1) is 11.9. The Morgan fingerprint density at radius 2 is 1.76 bits per heavy atom. The van der Waals surface area contributed by atoms with Gasteiger partial charge in [0.15, 0.2) is 0 Å². The Balaban J connectivity index is 1.64. The molecule has 1 aliphatic rings. The van der Waals surface area contributed by atoms with Gasteiger partial charge in [0.25, 0.3) is 0 Å². The number of carbonyl (C=O) groups is 2. The maximum absolute atomic E-state index is 12.6. The van der Waals surface area contributed by atoms with E-state index in [0.29, 0.717) is 35.1 Å². The smallest absolute Gasteiger partial charge is 0.240 e. The number of benzene rings is 2. The average molecular weight is 377 g/mol. The van der Waals surface area contributed by atoms with Gasteiger partial charge >= 0.3 is 0 Å². The maximum atomic E-state index is 12.6. The standard InChI is InChI=1S/C19H18Cl2N2O2/c1-12-4-2-3-5-13(12)11-22-17(24)19(8-9-19)18(25)23-14-6-7-15(20)16(21)10-14/h2-7,10H,8-9,11H2,1H3,(H,22,24)(H,23,25). The van der Waals surface area contributed by atoms with Gasteiger partial charge < -0.3 is 10.6 Å². The Labute approximate surface area is 156 Å². The van der Waals surface area contributed by atoms with Crippen LogP contribution in [-0.4, -0.2) is 11.8 Å². The first-order valence-corrected chi connectivity index (χ1v) is 8.77. The van der Waals surface area contributed by atoms with Crippen LogP contribution in [0.4, 0.5) is 5.69 Å². The molecule has 1 fully saturated rings. The molecule has 2 amide bonds. The van der Waals surface area contributed by atoms with Crippen molar-refractivity contribution in [3.63, 3.8) is 0 Å². The van der Waals surface area contributed by atoms with Gasteiger partial charge in [-0.2, -0.15) is 0 Å². The minimum absolute atomic E-state index is 0.242. The molecule has 25 heavy (non-hydrogen) atoms. The number of amides is 2. The highest BCUT2D eigenvalue weighted by Crippen LogP contribution is 2.47. The summed E-state index contributed by atoms with van der Waals surface area (Å²) in [5.41, 5.74) is 1.68. The summed E-state index contributed by atoms with van der Waals surface area (Å²) in [6, 6.07) is 12.7. The van der Waals surface area contributed by atoms with Crippen LogP contribution in [0.3, 0.4) is 0 Å². The lowest BCUT2D eigenvalue weighted by atomic mass is 10.0. The lowest BCUT2D eigenvalue weighted by Crippen LogP contribution is -2.39. The number of aryl methyl sites for hydroxylation is 1. The number of hydrogen-bond donors (Lipinski definition) is 2. The molecular weight excluding hydrogens is 359 g/mol. The van der Waals surface area contributed by atoms with Crippen LogP contribution in [0.25, 0.3) is 0 Å². The zero-order valence-electron chi connectivity index (χ0n) is 13.7. The van der Waals surface area contributed by atoms with Gasteiger partial charge in [0.05, 0.1) is 10.0 Å². The molecule has 0 aliphatic heterocycles. The molecule has 4 nitrogen and oxygen atoms in total.